The molecule has 1 aromatic rings. The molecule has 7 nitrogen and oxygen atoms in total. The number of hydrogen-bond donors (Lipinski definition) is 2. The zero-order chi connectivity index (χ0) is 16.2. The number of carbonyl (C=O) groups is 2. The zero-order valence-corrected chi connectivity index (χ0v) is 13.6. The van der Waals surface area contributed by atoms with E-state index in [1.54, 1.807) is 22.6 Å². The van der Waals surface area contributed by atoms with Crippen LogP contribution in [-0.2, 0) is 9.59 Å². The van der Waals surface area contributed by atoms with Crippen molar-refractivity contribution < 1.29 is 24.0 Å². The number of nitrogens with one attached hydrogen (secondary N) is 1. The molecular weight excluding hydrogens is 418 g/mol. The molecule has 1 rings (SSSR count). The lowest BCUT2D eigenvalue weighted by Gasteiger charge is -2.12. The molecule has 10 heteroatoms. The van der Waals surface area contributed by atoms with Gasteiger partial charge in [-0.15, -0.1) is 11.8 Å². The van der Waals surface area contributed by atoms with Crippen molar-refractivity contribution in [1.29, 1.82) is 0 Å². The highest BCUT2D eigenvalue weighted by molar-refractivity contribution is 14.1. The van der Waals surface area contributed by atoms with Crippen molar-refractivity contribution in [3.8, 4) is 0 Å². The van der Waals surface area contributed by atoms with Gasteiger partial charge in [0, 0.05) is 18.7 Å². The minimum Gasteiger partial charge on any atom is -0.480 e. The highest BCUT2D eigenvalue weighted by Gasteiger charge is 2.23. The standard InChI is InChI=1S/C11H10FIN2O5S/c1-5(16)14-8(11(17)18)4-21-10-2-6(12)7(13)3-9(10)15(19)20/h2-3,8H,4H2,1H3,(H,14,16)(H,17,18). The van der Waals surface area contributed by atoms with Crippen molar-refractivity contribution in [1.82, 2.24) is 5.32 Å². The molecule has 0 fully saturated rings. The Morgan fingerprint density at radius 3 is 2.67 bits per heavy atom. The van der Waals surface area contributed by atoms with Gasteiger partial charge in [0.1, 0.15) is 11.9 Å². The van der Waals surface area contributed by atoms with E-state index in [2.05, 4.69) is 5.32 Å². The molecule has 0 heterocycles. The number of carboxylic acids is 1. The van der Waals surface area contributed by atoms with Crippen LogP contribution in [0.15, 0.2) is 17.0 Å². The first kappa shape index (κ1) is 17.6. The third-order valence-electron chi connectivity index (χ3n) is 2.28. The largest absolute Gasteiger partial charge is 0.480 e. The molecule has 0 bridgehead atoms. The molecule has 0 saturated heterocycles. The van der Waals surface area contributed by atoms with E-state index in [0.717, 1.165) is 30.8 Å². The number of carbonyl (C=O) groups excluding carboxylic acids is 1. The van der Waals surface area contributed by atoms with Crippen LogP contribution in [0.25, 0.3) is 0 Å². The number of nitro benzene ring substituents is 1. The first-order valence-corrected chi connectivity index (χ1v) is 7.55. The Bertz CT molecular complexity index is 598. The number of hydrogen-bond acceptors (Lipinski definition) is 5. The van der Waals surface area contributed by atoms with Crippen LogP contribution in [0, 0.1) is 19.5 Å². The number of rotatable bonds is 6. The van der Waals surface area contributed by atoms with E-state index in [4.69, 9.17) is 5.11 Å². The molecule has 1 atom stereocenters. The fourth-order valence-corrected chi connectivity index (χ4v) is 2.86. The summed E-state index contributed by atoms with van der Waals surface area (Å²) in [5.74, 6) is -2.59. The van der Waals surface area contributed by atoms with Crippen LogP contribution in [-0.4, -0.2) is 33.7 Å². The molecule has 0 aromatic heterocycles. The maximum atomic E-state index is 13.5. The Kier molecular flexibility index (Phi) is 6.33. The molecule has 1 unspecified atom stereocenters. The minimum atomic E-state index is -1.27. The van der Waals surface area contributed by atoms with Gasteiger partial charge >= 0.3 is 5.97 Å². The lowest BCUT2D eigenvalue weighted by molar-refractivity contribution is -0.387. The van der Waals surface area contributed by atoms with Crippen LogP contribution in [0.5, 0.6) is 0 Å². The average Bonchev–Trinajstić information content (AvgIpc) is 2.36. The molecule has 0 spiro atoms. The molecule has 0 radical (unpaired) electrons. The number of thioether (sulfide) groups is 1. The van der Waals surface area contributed by atoms with E-state index >= 15 is 0 Å². The first-order chi connectivity index (χ1) is 9.72. The summed E-state index contributed by atoms with van der Waals surface area (Å²) in [6.07, 6.45) is 0. The van der Waals surface area contributed by atoms with E-state index in [-0.39, 0.29) is 19.9 Å². The number of carboxylic acid groups (broad SMARTS) is 1. The summed E-state index contributed by atoms with van der Waals surface area (Å²) >= 11 is 2.42. The molecule has 2 N–H and O–H groups in total. The van der Waals surface area contributed by atoms with Crippen LogP contribution in [0.1, 0.15) is 6.92 Å². The van der Waals surface area contributed by atoms with Crippen LogP contribution in [0.3, 0.4) is 0 Å². The van der Waals surface area contributed by atoms with E-state index in [1.807, 2.05) is 0 Å². The SMILES string of the molecule is CC(=O)NC(CSc1cc(F)c(I)cc1[N+](=O)[O-])C(=O)O. The fourth-order valence-electron chi connectivity index (χ4n) is 1.37. The van der Waals surface area contributed by atoms with Crippen molar-refractivity contribution in [2.24, 2.45) is 0 Å². The summed E-state index contributed by atoms with van der Waals surface area (Å²) in [4.78, 5) is 32.1. The Hall–Kier alpha value is -1.43. The lowest BCUT2D eigenvalue weighted by Crippen LogP contribution is -2.41. The van der Waals surface area contributed by atoms with Gasteiger partial charge in [-0.2, -0.15) is 0 Å². The van der Waals surface area contributed by atoms with Crippen LogP contribution in [0.2, 0.25) is 0 Å². The predicted octanol–water partition coefficient (Wildman–Crippen LogP) is 2.02. The van der Waals surface area contributed by atoms with Crippen molar-refractivity contribution in [3.05, 3.63) is 31.6 Å². The fraction of sp³-hybridized carbons (Fsp3) is 0.273. The topological polar surface area (TPSA) is 110 Å². The summed E-state index contributed by atoms with van der Waals surface area (Å²) in [7, 11) is 0. The monoisotopic (exact) mass is 428 g/mol. The second-order valence-electron chi connectivity index (χ2n) is 3.89. The highest BCUT2D eigenvalue weighted by atomic mass is 127. The van der Waals surface area contributed by atoms with Gasteiger partial charge < -0.3 is 10.4 Å². The maximum Gasteiger partial charge on any atom is 0.327 e. The molecule has 114 valence electrons. The molecule has 21 heavy (non-hydrogen) atoms. The lowest BCUT2D eigenvalue weighted by atomic mass is 10.3. The Morgan fingerprint density at radius 2 is 2.19 bits per heavy atom. The second kappa shape index (κ2) is 7.54. The van der Waals surface area contributed by atoms with Gasteiger partial charge in [-0.05, 0) is 28.7 Å². The number of amides is 1. The third kappa shape index (κ3) is 5.12. The van der Waals surface area contributed by atoms with E-state index in [0.29, 0.717) is 0 Å². The minimum absolute atomic E-state index is 0.00881. The summed E-state index contributed by atoms with van der Waals surface area (Å²) < 4.78 is 13.6. The van der Waals surface area contributed by atoms with Gasteiger partial charge in [0.25, 0.3) is 5.69 Å². The molecule has 0 saturated carbocycles. The van der Waals surface area contributed by atoms with Gasteiger partial charge in [0.05, 0.1) is 13.4 Å². The molecular formula is C11H10FIN2O5S. The summed E-state index contributed by atoms with van der Waals surface area (Å²) in [5, 5.41) is 22.1. The summed E-state index contributed by atoms with van der Waals surface area (Å²) in [6, 6.07) is 0.846. The average molecular weight is 428 g/mol. The second-order valence-corrected chi connectivity index (χ2v) is 6.12. The van der Waals surface area contributed by atoms with Crippen molar-refractivity contribution in [2.45, 2.75) is 17.9 Å². The highest BCUT2D eigenvalue weighted by Crippen LogP contribution is 2.32. The number of nitro groups is 1. The molecule has 1 aromatic carbocycles. The molecule has 0 aliphatic carbocycles. The summed E-state index contributed by atoms with van der Waals surface area (Å²) in [5.41, 5.74) is -0.308. The van der Waals surface area contributed by atoms with Gasteiger partial charge in [-0.3, -0.25) is 14.9 Å². The number of aliphatic carboxylic acids is 1. The molecule has 0 aliphatic rings. The van der Waals surface area contributed by atoms with Gasteiger partial charge in [0.15, 0.2) is 0 Å². The van der Waals surface area contributed by atoms with Crippen molar-refractivity contribution in [2.75, 3.05) is 5.75 Å². The van der Waals surface area contributed by atoms with Crippen LogP contribution >= 0.6 is 34.4 Å². The number of halogens is 2. The van der Waals surface area contributed by atoms with E-state index < -0.39 is 28.7 Å². The van der Waals surface area contributed by atoms with Crippen molar-refractivity contribution >= 4 is 51.9 Å². The predicted molar refractivity (Wildman–Crippen MR) is 81.7 cm³/mol. The Balaban J connectivity index is 2.96. The van der Waals surface area contributed by atoms with Gasteiger partial charge in [0.2, 0.25) is 5.91 Å². The number of benzene rings is 1. The Labute approximate surface area is 136 Å². The first-order valence-electron chi connectivity index (χ1n) is 5.48. The molecule has 0 aliphatic heterocycles. The normalized spacial score (nSPS) is 11.8. The third-order valence-corrected chi connectivity index (χ3v) is 4.24. The van der Waals surface area contributed by atoms with Crippen LogP contribution < -0.4 is 5.32 Å². The Morgan fingerprint density at radius 1 is 1.57 bits per heavy atom. The number of nitrogens with zero attached hydrogens (tertiary/aromatic N) is 1. The van der Waals surface area contributed by atoms with Crippen molar-refractivity contribution in [3.63, 3.8) is 0 Å². The van der Waals surface area contributed by atoms with Gasteiger partial charge in [-0.25, -0.2) is 9.18 Å². The smallest absolute Gasteiger partial charge is 0.327 e. The van der Waals surface area contributed by atoms with Crippen LogP contribution in [0.4, 0.5) is 10.1 Å². The molecule has 1 amide bonds. The zero-order valence-electron chi connectivity index (χ0n) is 10.6. The summed E-state index contributed by atoms with van der Waals surface area (Å²) in [6.45, 7) is 1.16. The van der Waals surface area contributed by atoms with E-state index in [1.165, 1.54) is 0 Å². The quantitative estimate of drug-likeness (QED) is 0.311. The maximum absolute atomic E-state index is 13.5. The van der Waals surface area contributed by atoms with E-state index in [9.17, 15) is 24.1 Å². The van der Waals surface area contributed by atoms with Gasteiger partial charge in [-0.1, -0.05) is 0 Å².